The zero-order chi connectivity index (χ0) is 11.8. The van der Waals surface area contributed by atoms with E-state index in [1.807, 2.05) is 18.2 Å². The van der Waals surface area contributed by atoms with Crippen LogP contribution in [0.15, 0.2) is 47.0 Å². The van der Waals surface area contributed by atoms with Gasteiger partial charge in [0.15, 0.2) is 5.58 Å². The fraction of sp³-hybridized carbons (Fsp3) is 0. The highest BCUT2D eigenvalue weighted by Gasteiger charge is 2.10. The van der Waals surface area contributed by atoms with Gasteiger partial charge in [0.1, 0.15) is 11.4 Å². The monoisotopic (exact) mass is 245 g/mol. The van der Waals surface area contributed by atoms with Crippen molar-refractivity contribution in [2.75, 3.05) is 0 Å². The summed E-state index contributed by atoms with van der Waals surface area (Å²) in [6.45, 7) is 0. The molecule has 0 spiro atoms. The van der Waals surface area contributed by atoms with E-state index in [-0.39, 0.29) is 5.75 Å². The van der Waals surface area contributed by atoms with E-state index in [2.05, 4.69) is 5.16 Å². The van der Waals surface area contributed by atoms with E-state index in [0.717, 1.165) is 16.6 Å². The van der Waals surface area contributed by atoms with Gasteiger partial charge in [0.2, 0.25) is 0 Å². The third-order valence-corrected chi connectivity index (χ3v) is 2.79. The van der Waals surface area contributed by atoms with Crippen molar-refractivity contribution in [2.24, 2.45) is 0 Å². The first kappa shape index (κ1) is 10.2. The Kier molecular flexibility index (Phi) is 2.27. The smallest absolute Gasteiger partial charge is 0.171 e. The molecule has 4 heteroatoms. The van der Waals surface area contributed by atoms with Gasteiger partial charge < -0.3 is 9.63 Å². The van der Waals surface area contributed by atoms with Gasteiger partial charge >= 0.3 is 0 Å². The molecule has 0 aliphatic rings. The molecule has 2 aromatic carbocycles. The van der Waals surface area contributed by atoms with Gasteiger partial charge in [-0.3, -0.25) is 0 Å². The number of hydrogen-bond donors (Lipinski definition) is 1. The highest BCUT2D eigenvalue weighted by molar-refractivity contribution is 6.30. The second-order valence-corrected chi connectivity index (χ2v) is 4.16. The predicted molar refractivity (Wildman–Crippen MR) is 66.1 cm³/mol. The maximum atomic E-state index is 9.35. The van der Waals surface area contributed by atoms with Crippen molar-refractivity contribution in [1.82, 2.24) is 5.16 Å². The van der Waals surface area contributed by atoms with Crippen molar-refractivity contribution in [3.05, 3.63) is 47.5 Å². The molecule has 0 saturated heterocycles. The Labute approximate surface area is 102 Å². The first-order valence-corrected chi connectivity index (χ1v) is 5.46. The fourth-order valence-electron chi connectivity index (χ4n) is 1.77. The van der Waals surface area contributed by atoms with Crippen molar-refractivity contribution in [3.8, 4) is 17.0 Å². The topological polar surface area (TPSA) is 46.3 Å². The van der Waals surface area contributed by atoms with Crippen LogP contribution in [0.25, 0.3) is 22.2 Å². The van der Waals surface area contributed by atoms with E-state index >= 15 is 0 Å². The standard InChI is InChI=1S/C13H8ClNO2/c14-9-3-1-2-8(6-9)13-11-5-4-10(16)7-12(11)17-15-13/h1-7,16H. The maximum Gasteiger partial charge on any atom is 0.171 e. The first-order chi connectivity index (χ1) is 8.24. The molecule has 3 aromatic rings. The number of aromatic hydroxyl groups is 1. The normalized spacial score (nSPS) is 10.9. The molecule has 0 aliphatic heterocycles. The number of rotatable bonds is 1. The molecule has 0 radical (unpaired) electrons. The molecule has 0 saturated carbocycles. The minimum absolute atomic E-state index is 0.159. The van der Waals surface area contributed by atoms with Gasteiger partial charge in [0, 0.05) is 22.0 Å². The Hall–Kier alpha value is -2.00. The van der Waals surface area contributed by atoms with Gasteiger partial charge in [-0.1, -0.05) is 28.9 Å². The Morgan fingerprint density at radius 2 is 2.00 bits per heavy atom. The van der Waals surface area contributed by atoms with E-state index in [4.69, 9.17) is 16.1 Å². The second kappa shape index (κ2) is 3.79. The number of halogens is 1. The van der Waals surface area contributed by atoms with Crippen LogP contribution in [0.1, 0.15) is 0 Å². The molecule has 3 rings (SSSR count). The van der Waals surface area contributed by atoms with Crippen molar-refractivity contribution in [2.45, 2.75) is 0 Å². The molecule has 17 heavy (non-hydrogen) atoms. The summed E-state index contributed by atoms with van der Waals surface area (Å²) < 4.78 is 5.17. The lowest BCUT2D eigenvalue weighted by Crippen LogP contribution is -1.77. The molecule has 3 nitrogen and oxygen atoms in total. The summed E-state index contributed by atoms with van der Waals surface area (Å²) >= 11 is 5.94. The molecule has 0 unspecified atom stereocenters. The predicted octanol–water partition coefficient (Wildman–Crippen LogP) is 3.85. The number of benzene rings is 2. The number of aromatic nitrogens is 1. The number of nitrogens with zero attached hydrogens (tertiary/aromatic N) is 1. The molecular weight excluding hydrogens is 238 g/mol. The minimum Gasteiger partial charge on any atom is -0.508 e. The highest BCUT2D eigenvalue weighted by atomic mass is 35.5. The van der Waals surface area contributed by atoms with E-state index in [0.29, 0.717) is 10.6 Å². The van der Waals surface area contributed by atoms with Gasteiger partial charge in [0.05, 0.1) is 0 Å². The minimum atomic E-state index is 0.159. The average molecular weight is 246 g/mol. The molecule has 0 aliphatic carbocycles. The Balaban J connectivity index is 2.24. The molecule has 1 heterocycles. The SMILES string of the molecule is Oc1ccc2c(-c3cccc(Cl)c3)noc2c1. The lowest BCUT2D eigenvalue weighted by Gasteiger charge is -1.97. The lowest BCUT2D eigenvalue weighted by atomic mass is 10.1. The zero-order valence-electron chi connectivity index (χ0n) is 8.72. The highest BCUT2D eigenvalue weighted by Crippen LogP contribution is 2.30. The van der Waals surface area contributed by atoms with E-state index in [1.165, 1.54) is 6.07 Å². The number of phenolic OH excluding ortho intramolecular Hbond substituents is 1. The van der Waals surface area contributed by atoms with Gasteiger partial charge in [-0.15, -0.1) is 0 Å². The van der Waals surface area contributed by atoms with Crippen LogP contribution in [0.2, 0.25) is 5.02 Å². The summed E-state index contributed by atoms with van der Waals surface area (Å²) in [5.74, 6) is 0.159. The van der Waals surface area contributed by atoms with Crippen molar-refractivity contribution in [3.63, 3.8) is 0 Å². The van der Waals surface area contributed by atoms with Gasteiger partial charge in [-0.2, -0.15) is 0 Å². The summed E-state index contributed by atoms with van der Waals surface area (Å²) in [5.41, 5.74) is 2.17. The van der Waals surface area contributed by atoms with Crippen molar-refractivity contribution in [1.29, 1.82) is 0 Å². The molecule has 0 amide bonds. The van der Waals surface area contributed by atoms with Crippen LogP contribution in [-0.4, -0.2) is 10.3 Å². The zero-order valence-corrected chi connectivity index (χ0v) is 9.48. The first-order valence-electron chi connectivity index (χ1n) is 5.08. The third-order valence-electron chi connectivity index (χ3n) is 2.55. The average Bonchev–Trinajstić information content (AvgIpc) is 2.71. The van der Waals surface area contributed by atoms with Crippen LogP contribution < -0.4 is 0 Å². The number of phenols is 1. The summed E-state index contributed by atoms with van der Waals surface area (Å²) in [4.78, 5) is 0. The van der Waals surface area contributed by atoms with Crippen LogP contribution in [-0.2, 0) is 0 Å². The Morgan fingerprint density at radius 1 is 1.12 bits per heavy atom. The largest absolute Gasteiger partial charge is 0.508 e. The molecule has 0 atom stereocenters. The van der Waals surface area contributed by atoms with Gasteiger partial charge in [-0.05, 0) is 24.3 Å². The lowest BCUT2D eigenvalue weighted by molar-refractivity contribution is 0.451. The molecule has 0 bridgehead atoms. The van der Waals surface area contributed by atoms with E-state index < -0.39 is 0 Å². The molecule has 0 fully saturated rings. The maximum absolute atomic E-state index is 9.35. The second-order valence-electron chi connectivity index (χ2n) is 3.72. The molecule has 1 aromatic heterocycles. The van der Waals surface area contributed by atoms with Crippen LogP contribution in [0.4, 0.5) is 0 Å². The number of fused-ring (bicyclic) bond motifs is 1. The van der Waals surface area contributed by atoms with E-state index in [9.17, 15) is 5.11 Å². The summed E-state index contributed by atoms with van der Waals surface area (Å²) in [7, 11) is 0. The molecule has 1 N–H and O–H groups in total. The van der Waals surface area contributed by atoms with Gasteiger partial charge in [-0.25, -0.2) is 0 Å². The Morgan fingerprint density at radius 3 is 2.82 bits per heavy atom. The van der Waals surface area contributed by atoms with E-state index in [1.54, 1.807) is 18.2 Å². The van der Waals surface area contributed by atoms with Gasteiger partial charge in [0.25, 0.3) is 0 Å². The summed E-state index contributed by atoms with van der Waals surface area (Å²) in [5, 5.41) is 14.9. The summed E-state index contributed by atoms with van der Waals surface area (Å²) in [6, 6.07) is 12.3. The summed E-state index contributed by atoms with van der Waals surface area (Å²) in [6.07, 6.45) is 0. The molecular formula is C13H8ClNO2. The van der Waals surface area contributed by atoms with Crippen LogP contribution in [0.5, 0.6) is 5.75 Å². The van der Waals surface area contributed by atoms with Crippen LogP contribution in [0.3, 0.4) is 0 Å². The van der Waals surface area contributed by atoms with Crippen molar-refractivity contribution >= 4 is 22.6 Å². The fourth-order valence-corrected chi connectivity index (χ4v) is 1.96. The number of hydrogen-bond acceptors (Lipinski definition) is 3. The third kappa shape index (κ3) is 1.74. The van der Waals surface area contributed by atoms with Crippen LogP contribution in [0, 0.1) is 0 Å². The van der Waals surface area contributed by atoms with Crippen LogP contribution >= 0.6 is 11.6 Å². The quantitative estimate of drug-likeness (QED) is 0.708. The molecule has 84 valence electrons. The Bertz CT molecular complexity index is 691. The van der Waals surface area contributed by atoms with Crippen molar-refractivity contribution < 1.29 is 9.63 Å².